The number of benzene rings is 2. The van der Waals surface area contributed by atoms with Gasteiger partial charge in [-0.3, -0.25) is 0 Å². The van der Waals surface area contributed by atoms with Crippen LogP contribution in [0.1, 0.15) is 25.8 Å². The fourth-order valence-electron chi connectivity index (χ4n) is 2.21. The molecule has 4 heteroatoms. The molecule has 0 saturated carbocycles. The lowest BCUT2D eigenvalue weighted by Crippen LogP contribution is -2.31. The van der Waals surface area contributed by atoms with Gasteiger partial charge < -0.3 is 11.1 Å². The Hall–Kier alpha value is -1.38. The van der Waals surface area contributed by atoms with Crippen molar-refractivity contribution < 1.29 is 0 Å². The molecule has 112 valence electrons. The topological polar surface area (TPSA) is 38.0 Å². The predicted molar refractivity (Wildman–Crippen MR) is 93.3 cm³/mol. The molecule has 2 rings (SSSR count). The summed E-state index contributed by atoms with van der Waals surface area (Å²) >= 11 is 12.5. The van der Waals surface area contributed by atoms with Gasteiger partial charge in [-0.1, -0.05) is 53.5 Å². The smallest absolute Gasteiger partial charge is 0.0724 e. The zero-order valence-corrected chi connectivity index (χ0v) is 13.8. The third kappa shape index (κ3) is 4.55. The fraction of sp³-hybridized carbons (Fsp3) is 0.294. The van der Waals surface area contributed by atoms with Crippen LogP contribution >= 0.6 is 23.2 Å². The number of aryl methyl sites for hydroxylation is 1. The van der Waals surface area contributed by atoms with E-state index < -0.39 is 0 Å². The number of rotatable bonds is 5. The number of nitrogens with two attached hydrogens (primary N) is 1. The van der Waals surface area contributed by atoms with Crippen molar-refractivity contribution in [1.82, 2.24) is 0 Å². The summed E-state index contributed by atoms with van der Waals surface area (Å²) in [5.41, 5.74) is 8.23. The van der Waals surface area contributed by atoms with Gasteiger partial charge in [0.25, 0.3) is 0 Å². The normalized spacial score (nSPS) is 11.4. The van der Waals surface area contributed by atoms with Crippen molar-refractivity contribution in [1.29, 1.82) is 0 Å². The van der Waals surface area contributed by atoms with Crippen LogP contribution < -0.4 is 11.1 Å². The van der Waals surface area contributed by atoms with Gasteiger partial charge in [0.2, 0.25) is 0 Å². The Morgan fingerprint density at radius 2 is 1.62 bits per heavy atom. The molecule has 21 heavy (non-hydrogen) atoms. The molecule has 0 aromatic heterocycles. The van der Waals surface area contributed by atoms with E-state index in [1.54, 1.807) is 12.1 Å². The van der Waals surface area contributed by atoms with Crippen LogP contribution in [0.3, 0.4) is 0 Å². The quantitative estimate of drug-likeness (QED) is 0.723. The van der Waals surface area contributed by atoms with E-state index in [2.05, 4.69) is 43.4 Å². The summed E-state index contributed by atoms with van der Waals surface area (Å²) in [7, 11) is 0. The van der Waals surface area contributed by atoms with Crippen LogP contribution in [0.2, 0.25) is 10.0 Å². The highest BCUT2D eigenvalue weighted by atomic mass is 35.5. The first-order chi connectivity index (χ1) is 9.87. The van der Waals surface area contributed by atoms with E-state index in [1.165, 1.54) is 5.56 Å². The van der Waals surface area contributed by atoms with Crippen LogP contribution in [-0.2, 0) is 6.42 Å². The second kappa shape index (κ2) is 6.59. The van der Waals surface area contributed by atoms with Gasteiger partial charge in [-0.25, -0.2) is 0 Å². The Labute approximate surface area is 136 Å². The van der Waals surface area contributed by atoms with Gasteiger partial charge in [-0.2, -0.15) is 0 Å². The largest absolute Gasteiger partial charge is 0.399 e. The Morgan fingerprint density at radius 1 is 1.05 bits per heavy atom. The van der Waals surface area contributed by atoms with Gasteiger partial charge in [0.15, 0.2) is 0 Å². The zero-order valence-electron chi connectivity index (χ0n) is 12.3. The van der Waals surface area contributed by atoms with Gasteiger partial charge >= 0.3 is 0 Å². The summed E-state index contributed by atoms with van der Waals surface area (Å²) in [6.45, 7) is 4.28. The summed E-state index contributed by atoms with van der Waals surface area (Å²) in [5.74, 6) is 0. The van der Waals surface area contributed by atoms with Crippen LogP contribution in [0, 0.1) is 0 Å². The van der Waals surface area contributed by atoms with Crippen molar-refractivity contribution >= 4 is 34.6 Å². The summed E-state index contributed by atoms with van der Waals surface area (Å²) in [6, 6.07) is 13.8. The third-order valence-electron chi connectivity index (χ3n) is 3.41. The van der Waals surface area contributed by atoms with Crippen LogP contribution in [-0.4, -0.2) is 5.54 Å². The Bertz CT molecular complexity index is 586. The van der Waals surface area contributed by atoms with E-state index in [4.69, 9.17) is 28.9 Å². The van der Waals surface area contributed by atoms with E-state index in [0.29, 0.717) is 15.7 Å². The highest BCUT2D eigenvalue weighted by Crippen LogP contribution is 2.35. The van der Waals surface area contributed by atoms with Crippen LogP contribution in [0.25, 0.3) is 0 Å². The summed E-state index contributed by atoms with van der Waals surface area (Å²) in [5, 5.41) is 4.53. The molecule has 2 aromatic carbocycles. The van der Waals surface area contributed by atoms with Crippen molar-refractivity contribution in [3.8, 4) is 0 Å². The summed E-state index contributed by atoms with van der Waals surface area (Å²) in [6.07, 6.45) is 1.96. The minimum absolute atomic E-state index is 0.126. The van der Waals surface area contributed by atoms with Gasteiger partial charge in [0.05, 0.1) is 15.7 Å². The maximum absolute atomic E-state index is 6.23. The Morgan fingerprint density at radius 3 is 2.19 bits per heavy atom. The number of nitrogen functional groups attached to an aromatic ring is 1. The van der Waals surface area contributed by atoms with Crippen LogP contribution in [0.5, 0.6) is 0 Å². The minimum atomic E-state index is -0.126. The predicted octanol–water partition coefficient (Wildman–Crippen LogP) is 5.40. The molecule has 3 N–H and O–H groups in total. The van der Waals surface area contributed by atoms with Crippen LogP contribution in [0.4, 0.5) is 11.4 Å². The van der Waals surface area contributed by atoms with Crippen molar-refractivity contribution in [3.05, 3.63) is 58.1 Å². The monoisotopic (exact) mass is 322 g/mol. The molecule has 0 bridgehead atoms. The van der Waals surface area contributed by atoms with Crippen molar-refractivity contribution in [3.63, 3.8) is 0 Å². The number of halogens is 2. The third-order valence-corrected chi connectivity index (χ3v) is 4.01. The molecule has 0 fully saturated rings. The average molecular weight is 323 g/mol. The highest BCUT2D eigenvalue weighted by Gasteiger charge is 2.20. The number of nitrogens with one attached hydrogen (secondary N) is 1. The zero-order chi connectivity index (χ0) is 15.5. The second-order valence-corrected chi connectivity index (χ2v) is 6.67. The highest BCUT2D eigenvalue weighted by molar-refractivity contribution is 6.39. The van der Waals surface area contributed by atoms with Crippen molar-refractivity contribution in [2.45, 2.75) is 32.2 Å². The number of hydrogen-bond donors (Lipinski definition) is 2. The van der Waals surface area contributed by atoms with Gasteiger partial charge in [-0.05, 0) is 44.4 Å². The van der Waals surface area contributed by atoms with Crippen molar-refractivity contribution in [2.24, 2.45) is 0 Å². The molecule has 2 aromatic rings. The molecule has 0 saturated heterocycles. The number of hydrogen-bond acceptors (Lipinski definition) is 2. The molecular weight excluding hydrogens is 303 g/mol. The van der Waals surface area contributed by atoms with Crippen LogP contribution in [0.15, 0.2) is 42.5 Å². The molecule has 0 spiro atoms. The molecule has 0 aliphatic rings. The van der Waals surface area contributed by atoms with Gasteiger partial charge in [-0.15, -0.1) is 0 Å². The standard InChI is InChI=1S/C17H20Cl2N2/c1-17(2,9-8-12-6-4-3-5-7-12)21-16-14(18)10-13(20)11-15(16)19/h3-7,10-11,21H,8-9,20H2,1-2H3. The molecule has 0 unspecified atom stereocenters. The molecule has 0 amide bonds. The maximum Gasteiger partial charge on any atom is 0.0724 e. The Kier molecular flexibility index (Phi) is 5.02. The Balaban J connectivity index is 2.07. The molecule has 0 heterocycles. The SMILES string of the molecule is CC(C)(CCc1ccccc1)Nc1c(Cl)cc(N)cc1Cl. The molecule has 0 aliphatic carbocycles. The lowest BCUT2D eigenvalue weighted by atomic mass is 9.95. The number of anilines is 2. The maximum atomic E-state index is 6.23. The first kappa shape index (κ1) is 16.0. The molecule has 0 aliphatic heterocycles. The van der Waals surface area contributed by atoms with E-state index in [-0.39, 0.29) is 5.54 Å². The van der Waals surface area contributed by atoms with Gasteiger partial charge in [0, 0.05) is 11.2 Å². The second-order valence-electron chi connectivity index (χ2n) is 5.85. The molecule has 2 nitrogen and oxygen atoms in total. The molecule has 0 atom stereocenters. The van der Waals surface area contributed by atoms with E-state index >= 15 is 0 Å². The molecular formula is C17H20Cl2N2. The van der Waals surface area contributed by atoms with Gasteiger partial charge in [0.1, 0.15) is 0 Å². The lowest BCUT2D eigenvalue weighted by Gasteiger charge is -2.29. The fourth-order valence-corrected chi connectivity index (χ4v) is 2.81. The first-order valence-corrected chi connectivity index (χ1v) is 7.70. The minimum Gasteiger partial charge on any atom is -0.399 e. The first-order valence-electron chi connectivity index (χ1n) is 6.94. The summed E-state index contributed by atoms with van der Waals surface area (Å²) in [4.78, 5) is 0. The van der Waals surface area contributed by atoms with E-state index in [0.717, 1.165) is 18.5 Å². The van der Waals surface area contributed by atoms with E-state index in [9.17, 15) is 0 Å². The lowest BCUT2D eigenvalue weighted by molar-refractivity contribution is 0.519. The van der Waals surface area contributed by atoms with E-state index in [1.807, 2.05) is 6.07 Å². The molecule has 0 radical (unpaired) electrons. The van der Waals surface area contributed by atoms with Crippen molar-refractivity contribution in [2.75, 3.05) is 11.1 Å². The summed E-state index contributed by atoms with van der Waals surface area (Å²) < 4.78 is 0. The average Bonchev–Trinajstić information content (AvgIpc) is 2.42.